The molecule has 0 saturated heterocycles. The maximum Gasteiger partial charge on any atom is 0.342 e. The number of carbonyl (C=O) groups is 1. The zero-order valence-electron chi connectivity index (χ0n) is 15.9. The molecule has 4 aromatic carbocycles. The lowest BCUT2D eigenvalue weighted by Gasteiger charge is -2.09. The third-order valence-corrected chi connectivity index (χ3v) is 6.53. The van der Waals surface area contributed by atoms with Crippen molar-refractivity contribution >= 4 is 26.6 Å². The van der Waals surface area contributed by atoms with Crippen LogP contribution in [0.1, 0.15) is 15.9 Å². The Balaban J connectivity index is 1.48. The van der Waals surface area contributed by atoms with Gasteiger partial charge in [-0.3, -0.25) is 0 Å². The van der Waals surface area contributed by atoms with Crippen LogP contribution >= 0.6 is 0 Å². The molecule has 0 atom stereocenters. The lowest BCUT2D eigenvalue weighted by molar-refractivity contribution is 0.0469. The van der Waals surface area contributed by atoms with Crippen molar-refractivity contribution in [1.82, 2.24) is 0 Å². The van der Waals surface area contributed by atoms with Crippen molar-refractivity contribution in [2.24, 2.45) is 0 Å². The fraction of sp³-hybridized carbons (Fsp3) is 0.0417. The summed E-state index contributed by atoms with van der Waals surface area (Å²) in [6.07, 6.45) is 0. The molecule has 0 aliphatic heterocycles. The summed E-state index contributed by atoms with van der Waals surface area (Å²) < 4.78 is 30.6. The molecule has 0 fully saturated rings. The minimum absolute atomic E-state index is 0.0449. The predicted molar refractivity (Wildman–Crippen MR) is 113 cm³/mol. The van der Waals surface area contributed by atoms with Crippen molar-refractivity contribution in [1.29, 1.82) is 0 Å². The summed E-state index contributed by atoms with van der Waals surface area (Å²) in [7, 11) is -3.60. The van der Waals surface area contributed by atoms with Crippen molar-refractivity contribution in [3.05, 3.63) is 102 Å². The van der Waals surface area contributed by atoms with Crippen LogP contribution in [-0.2, 0) is 21.2 Å². The van der Waals surface area contributed by atoms with E-state index in [1.54, 1.807) is 48.5 Å². The molecule has 0 amide bonds. The standard InChI is InChI=1S/C24H18O5S/c25-23-15-19-7-5-4-6-18(19)14-22(23)24(26)29-16-17-10-12-21(13-11-17)30(27,28)20-8-2-1-3-9-20/h1-15,25H,16H2. The first-order valence-electron chi connectivity index (χ1n) is 9.23. The number of ether oxygens (including phenoxy) is 1. The van der Waals surface area contributed by atoms with E-state index >= 15 is 0 Å². The monoisotopic (exact) mass is 418 g/mol. The van der Waals surface area contributed by atoms with Crippen LogP contribution in [0.15, 0.2) is 101 Å². The van der Waals surface area contributed by atoms with Crippen LogP contribution in [0.5, 0.6) is 5.75 Å². The number of carbonyl (C=O) groups excluding carboxylic acids is 1. The first-order valence-corrected chi connectivity index (χ1v) is 10.7. The highest BCUT2D eigenvalue weighted by Crippen LogP contribution is 2.26. The van der Waals surface area contributed by atoms with Crippen LogP contribution in [0.3, 0.4) is 0 Å². The number of phenolic OH excluding ortho intramolecular Hbond substituents is 1. The molecule has 0 aliphatic rings. The summed E-state index contributed by atoms with van der Waals surface area (Å²) in [6, 6.07) is 24.8. The Kier molecular flexibility index (Phi) is 5.25. The predicted octanol–water partition coefficient (Wildman–Crippen LogP) is 4.74. The highest BCUT2D eigenvalue weighted by Gasteiger charge is 2.17. The summed E-state index contributed by atoms with van der Waals surface area (Å²) in [6.45, 7) is -0.0449. The highest BCUT2D eigenvalue weighted by atomic mass is 32.2. The molecular formula is C24H18O5S. The van der Waals surface area contributed by atoms with Gasteiger partial charge in [-0.15, -0.1) is 0 Å². The zero-order valence-corrected chi connectivity index (χ0v) is 16.7. The smallest absolute Gasteiger partial charge is 0.342 e. The molecule has 0 saturated carbocycles. The minimum Gasteiger partial charge on any atom is -0.507 e. The first-order chi connectivity index (χ1) is 14.4. The molecule has 4 aromatic rings. The van der Waals surface area contributed by atoms with Crippen LogP contribution in [0.2, 0.25) is 0 Å². The van der Waals surface area contributed by atoms with Crippen molar-refractivity contribution in [3.8, 4) is 5.75 Å². The van der Waals surface area contributed by atoms with Crippen LogP contribution < -0.4 is 0 Å². The lowest BCUT2D eigenvalue weighted by atomic mass is 10.1. The second-order valence-corrected chi connectivity index (χ2v) is 8.70. The Morgan fingerprint density at radius 2 is 1.33 bits per heavy atom. The zero-order chi connectivity index (χ0) is 21.1. The van der Waals surface area contributed by atoms with E-state index in [1.807, 2.05) is 24.3 Å². The average Bonchev–Trinajstić information content (AvgIpc) is 2.78. The molecule has 6 heteroatoms. The molecule has 0 aromatic heterocycles. The molecule has 0 radical (unpaired) electrons. The van der Waals surface area contributed by atoms with Gasteiger partial charge in [0.25, 0.3) is 0 Å². The van der Waals surface area contributed by atoms with Gasteiger partial charge in [-0.2, -0.15) is 0 Å². The fourth-order valence-corrected chi connectivity index (χ4v) is 4.40. The van der Waals surface area contributed by atoms with Gasteiger partial charge in [0.05, 0.1) is 9.79 Å². The SMILES string of the molecule is O=C(OCc1ccc(S(=O)(=O)c2ccccc2)cc1)c1cc2ccccc2cc1O. The number of fused-ring (bicyclic) bond motifs is 1. The van der Waals surface area contributed by atoms with Crippen molar-refractivity contribution in [3.63, 3.8) is 0 Å². The topological polar surface area (TPSA) is 80.7 Å². The molecule has 0 spiro atoms. The Hall–Kier alpha value is -3.64. The largest absolute Gasteiger partial charge is 0.507 e. The van der Waals surface area contributed by atoms with Gasteiger partial charge in [0.15, 0.2) is 0 Å². The number of benzene rings is 4. The average molecular weight is 418 g/mol. The van der Waals surface area contributed by atoms with E-state index in [-0.39, 0.29) is 27.7 Å². The minimum atomic E-state index is -3.60. The van der Waals surface area contributed by atoms with E-state index < -0.39 is 15.8 Å². The summed E-state index contributed by atoms with van der Waals surface area (Å²) >= 11 is 0. The maximum atomic E-state index is 12.6. The summed E-state index contributed by atoms with van der Waals surface area (Å²) in [5, 5.41) is 11.8. The molecular weight excluding hydrogens is 400 g/mol. The Labute approximate surface area is 174 Å². The van der Waals surface area contributed by atoms with Crippen molar-refractivity contribution < 1.29 is 23.1 Å². The van der Waals surface area contributed by atoms with E-state index in [0.717, 1.165) is 10.8 Å². The maximum absolute atomic E-state index is 12.6. The second kappa shape index (κ2) is 8.00. The number of aromatic hydroxyl groups is 1. The van der Waals surface area contributed by atoms with Crippen LogP contribution in [0.4, 0.5) is 0 Å². The van der Waals surface area contributed by atoms with E-state index in [9.17, 15) is 18.3 Å². The van der Waals surface area contributed by atoms with E-state index in [4.69, 9.17) is 4.74 Å². The number of sulfone groups is 1. The van der Waals surface area contributed by atoms with Gasteiger partial charge < -0.3 is 9.84 Å². The Bertz CT molecular complexity index is 1310. The van der Waals surface area contributed by atoms with Crippen molar-refractivity contribution in [2.45, 2.75) is 16.4 Å². The lowest BCUT2D eigenvalue weighted by Crippen LogP contribution is -2.06. The molecule has 0 heterocycles. The molecule has 1 N–H and O–H groups in total. The third-order valence-electron chi connectivity index (χ3n) is 4.74. The van der Waals surface area contributed by atoms with Gasteiger partial charge in [0.1, 0.15) is 17.9 Å². The van der Waals surface area contributed by atoms with Gasteiger partial charge in [-0.1, -0.05) is 54.6 Å². The van der Waals surface area contributed by atoms with Crippen LogP contribution in [0.25, 0.3) is 10.8 Å². The van der Waals surface area contributed by atoms with E-state index in [1.165, 1.54) is 18.2 Å². The second-order valence-electron chi connectivity index (χ2n) is 6.75. The Morgan fingerprint density at radius 1 is 0.767 bits per heavy atom. The fourth-order valence-electron chi connectivity index (χ4n) is 3.12. The number of hydrogen-bond acceptors (Lipinski definition) is 5. The van der Waals surface area contributed by atoms with E-state index in [0.29, 0.717) is 5.56 Å². The van der Waals surface area contributed by atoms with Gasteiger partial charge in [0.2, 0.25) is 9.84 Å². The van der Waals surface area contributed by atoms with Crippen LogP contribution in [0, 0.1) is 0 Å². The van der Waals surface area contributed by atoms with Gasteiger partial charge >= 0.3 is 5.97 Å². The first kappa shape index (κ1) is 19.7. The Morgan fingerprint density at radius 3 is 2.00 bits per heavy atom. The van der Waals surface area contributed by atoms with Gasteiger partial charge in [-0.05, 0) is 52.7 Å². The normalized spacial score (nSPS) is 11.3. The molecule has 150 valence electrons. The molecule has 0 unspecified atom stereocenters. The summed E-state index contributed by atoms with van der Waals surface area (Å²) in [5.74, 6) is -0.803. The third kappa shape index (κ3) is 3.90. The number of hydrogen-bond donors (Lipinski definition) is 1. The number of phenols is 1. The molecule has 5 nitrogen and oxygen atoms in total. The molecule has 30 heavy (non-hydrogen) atoms. The van der Waals surface area contributed by atoms with E-state index in [2.05, 4.69) is 0 Å². The van der Waals surface area contributed by atoms with Gasteiger partial charge in [-0.25, -0.2) is 13.2 Å². The number of rotatable bonds is 5. The quantitative estimate of drug-likeness (QED) is 0.474. The van der Waals surface area contributed by atoms with Gasteiger partial charge in [0, 0.05) is 0 Å². The number of esters is 1. The van der Waals surface area contributed by atoms with Crippen molar-refractivity contribution in [2.75, 3.05) is 0 Å². The van der Waals surface area contributed by atoms with Crippen LogP contribution in [-0.4, -0.2) is 19.5 Å². The molecule has 4 rings (SSSR count). The summed E-state index contributed by atoms with van der Waals surface area (Å²) in [5.41, 5.74) is 0.715. The summed E-state index contributed by atoms with van der Waals surface area (Å²) in [4.78, 5) is 12.8. The highest BCUT2D eigenvalue weighted by molar-refractivity contribution is 7.91. The molecule has 0 bridgehead atoms. The molecule has 0 aliphatic carbocycles.